The molecule has 3 nitrogen and oxygen atoms in total. The minimum absolute atomic E-state index is 0. The van der Waals surface area contributed by atoms with Gasteiger partial charge in [-0.3, -0.25) is 4.21 Å². The Morgan fingerprint density at radius 2 is 1.79 bits per heavy atom. The fourth-order valence-corrected chi connectivity index (χ4v) is 1.45. The van der Waals surface area contributed by atoms with E-state index in [9.17, 15) is 8.76 Å². The Morgan fingerprint density at radius 3 is 2.21 bits per heavy atom. The van der Waals surface area contributed by atoms with Crippen LogP contribution in [0.1, 0.15) is 11.1 Å². The molecule has 0 fully saturated rings. The summed E-state index contributed by atoms with van der Waals surface area (Å²) in [5.74, 6) is 0.0346. The van der Waals surface area contributed by atoms with Crippen molar-refractivity contribution in [3.8, 4) is 6.07 Å². The van der Waals surface area contributed by atoms with Crippen LogP contribution in [-0.2, 0) is 23.3 Å². The molecule has 0 aromatic heterocycles. The van der Waals surface area contributed by atoms with E-state index in [-0.39, 0.29) is 35.3 Å². The maximum atomic E-state index is 10.3. The minimum atomic E-state index is -2.04. The first kappa shape index (κ1) is 13.8. The predicted molar refractivity (Wildman–Crippen MR) is 48.4 cm³/mol. The number of benzene rings is 1. The standard InChI is InChI=1S/C9H9NO2S.Na/c10-6-5-8-1-3-9(4-2-8)7-13(11)12;/h1-4H,5,7H2,(H,11,12);/q;+1/p-1. The second-order valence-corrected chi connectivity index (χ2v) is 3.50. The van der Waals surface area contributed by atoms with Crippen molar-refractivity contribution in [2.45, 2.75) is 12.2 Å². The second-order valence-electron chi connectivity index (χ2n) is 2.60. The monoisotopic (exact) mass is 217 g/mol. The van der Waals surface area contributed by atoms with E-state index in [1.54, 1.807) is 24.3 Å². The molecule has 0 aliphatic heterocycles. The van der Waals surface area contributed by atoms with Gasteiger partial charge in [-0.25, -0.2) is 0 Å². The molecule has 1 aromatic rings. The van der Waals surface area contributed by atoms with E-state index in [1.807, 2.05) is 6.07 Å². The molecule has 0 spiro atoms. The van der Waals surface area contributed by atoms with Gasteiger partial charge in [0.05, 0.1) is 12.5 Å². The van der Waals surface area contributed by atoms with E-state index in [2.05, 4.69) is 0 Å². The van der Waals surface area contributed by atoms with Crippen molar-refractivity contribution in [1.82, 2.24) is 0 Å². The van der Waals surface area contributed by atoms with Crippen molar-refractivity contribution in [3.05, 3.63) is 35.4 Å². The Balaban J connectivity index is 0.00000169. The van der Waals surface area contributed by atoms with E-state index < -0.39 is 11.1 Å². The number of hydrogen-bond acceptors (Lipinski definition) is 3. The van der Waals surface area contributed by atoms with E-state index >= 15 is 0 Å². The molecular weight excluding hydrogens is 209 g/mol. The Kier molecular flexibility index (Phi) is 7.06. The maximum absolute atomic E-state index is 10.3. The smallest absolute Gasteiger partial charge is 0.772 e. The third-order valence-corrected chi connectivity index (χ3v) is 2.16. The van der Waals surface area contributed by atoms with E-state index in [4.69, 9.17) is 5.26 Å². The van der Waals surface area contributed by atoms with E-state index in [1.165, 1.54) is 0 Å². The van der Waals surface area contributed by atoms with Crippen molar-refractivity contribution >= 4 is 11.1 Å². The molecule has 0 amide bonds. The topological polar surface area (TPSA) is 63.9 Å². The van der Waals surface area contributed by atoms with Crippen molar-refractivity contribution in [3.63, 3.8) is 0 Å². The second kappa shape index (κ2) is 7.16. The summed E-state index contributed by atoms with van der Waals surface area (Å²) in [6.45, 7) is 0. The van der Waals surface area contributed by atoms with Gasteiger partial charge in [0.2, 0.25) is 0 Å². The van der Waals surface area contributed by atoms with Crippen LogP contribution in [0.2, 0.25) is 0 Å². The predicted octanol–water partition coefficient (Wildman–Crippen LogP) is -1.86. The van der Waals surface area contributed by atoms with Gasteiger partial charge in [0.1, 0.15) is 0 Å². The molecule has 0 heterocycles. The summed E-state index contributed by atoms with van der Waals surface area (Å²) < 4.78 is 20.7. The van der Waals surface area contributed by atoms with Crippen LogP contribution in [0.5, 0.6) is 0 Å². The molecule has 68 valence electrons. The molecule has 0 saturated heterocycles. The SMILES string of the molecule is N#CCc1ccc(CS(=O)[O-])cc1.[Na+]. The van der Waals surface area contributed by atoms with Gasteiger partial charge in [0.25, 0.3) is 0 Å². The molecule has 1 atom stereocenters. The Morgan fingerprint density at radius 1 is 1.29 bits per heavy atom. The van der Waals surface area contributed by atoms with Crippen LogP contribution in [0, 0.1) is 11.3 Å². The molecule has 1 unspecified atom stereocenters. The van der Waals surface area contributed by atoms with Crippen molar-refractivity contribution < 1.29 is 38.3 Å². The van der Waals surface area contributed by atoms with Gasteiger partial charge >= 0.3 is 29.6 Å². The summed E-state index contributed by atoms with van der Waals surface area (Å²) in [4.78, 5) is 0. The largest absolute Gasteiger partial charge is 1.00 e. The number of rotatable bonds is 3. The van der Waals surface area contributed by atoms with Gasteiger partial charge in [-0.2, -0.15) is 5.26 Å². The maximum Gasteiger partial charge on any atom is 1.00 e. The van der Waals surface area contributed by atoms with Crippen LogP contribution < -0.4 is 29.6 Å². The third kappa shape index (κ3) is 4.89. The average molecular weight is 217 g/mol. The average Bonchev–Trinajstić information content (AvgIpc) is 2.08. The van der Waals surface area contributed by atoms with Gasteiger partial charge < -0.3 is 4.55 Å². The molecule has 0 saturated carbocycles. The van der Waals surface area contributed by atoms with Crippen LogP contribution in [0.4, 0.5) is 0 Å². The molecule has 0 aliphatic rings. The zero-order valence-corrected chi connectivity index (χ0v) is 10.7. The third-order valence-electron chi connectivity index (χ3n) is 1.59. The van der Waals surface area contributed by atoms with Gasteiger partial charge in [-0.15, -0.1) is 0 Å². The first-order valence-corrected chi connectivity index (χ1v) is 4.97. The summed E-state index contributed by atoms with van der Waals surface area (Å²) >= 11 is -2.04. The fourth-order valence-electron chi connectivity index (χ4n) is 0.981. The summed E-state index contributed by atoms with van der Waals surface area (Å²) in [5, 5.41) is 8.39. The van der Waals surface area contributed by atoms with Gasteiger partial charge in [-0.1, -0.05) is 35.3 Å². The van der Waals surface area contributed by atoms with Gasteiger partial charge in [-0.05, 0) is 11.1 Å². The molecule has 0 radical (unpaired) electrons. The zero-order valence-electron chi connectivity index (χ0n) is 7.90. The van der Waals surface area contributed by atoms with E-state index in [0.717, 1.165) is 11.1 Å². The molecular formula is C9H8NNaO2S. The molecule has 1 rings (SSSR count). The molecule has 1 aromatic carbocycles. The molecule has 0 aliphatic carbocycles. The van der Waals surface area contributed by atoms with Crippen LogP contribution in [0.15, 0.2) is 24.3 Å². The first-order valence-electron chi connectivity index (χ1n) is 3.73. The van der Waals surface area contributed by atoms with Gasteiger partial charge in [0.15, 0.2) is 0 Å². The summed E-state index contributed by atoms with van der Waals surface area (Å²) in [6.07, 6.45) is 0.362. The number of hydrogen-bond donors (Lipinski definition) is 0. The Labute approximate surface area is 108 Å². The van der Waals surface area contributed by atoms with Crippen molar-refractivity contribution in [2.24, 2.45) is 0 Å². The zero-order chi connectivity index (χ0) is 9.68. The summed E-state index contributed by atoms with van der Waals surface area (Å²) in [6, 6.07) is 9.01. The first-order chi connectivity index (χ1) is 6.22. The van der Waals surface area contributed by atoms with Crippen LogP contribution in [0.3, 0.4) is 0 Å². The normalized spacial score (nSPS) is 11.1. The Bertz CT molecular complexity index is 345. The van der Waals surface area contributed by atoms with Crippen LogP contribution in [-0.4, -0.2) is 8.76 Å². The van der Waals surface area contributed by atoms with Crippen LogP contribution in [0.25, 0.3) is 0 Å². The minimum Gasteiger partial charge on any atom is -0.772 e. The quantitative estimate of drug-likeness (QED) is 0.440. The molecule has 0 bridgehead atoms. The fraction of sp³-hybridized carbons (Fsp3) is 0.222. The molecule has 5 heteroatoms. The van der Waals surface area contributed by atoms with Crippen molar-refractivity contribution in [1.29, 1.82) is 5.26 Å². The molecule has 0 N–H and O–H groups in total. The summed E-state index contributed by atoms with van der Waals surface area (Å²) in [5.41, 5.74) is 1.65. The summed E-state index contributed by atoms with van der Waals surface area (Å²) in [7, 11) is 0. The number of nitrogens with zero attached hydrogens (tertiary/aromatic N) is 1. The molecule has 14 heavy (non-hydrogen) atoms. The van der Waals surface area contributed by atoms with Crippen LogP contribution >= 0.6 is 0 Å². The van der Waals surface area contributed by atoms with E-state index in [0.29, 0.717) is 6.42 Å². The Hall–Kier alpha value is -0.180. The van der Waals surface area contributed by atoms with Gasteiger partial charge in [0, 0.05) is 5.75 Å². The van der Waals surface area contributed by atoms with Crippen molar-refractivity contribution in [2.75, 3.05) is 0 Å². The number of nitriles is 1.